The number of benzene rings is 1. The van der Waals surface area contributed by atoms with E-state index in [1.165, 1.54) is 35.4 Å². The van der Waals surface area contributed by atoms with Crippen LogP contribution < -0.4 is 0 Å². The van der Waals surface area contributed by atoms with Gasteiger partial charge in [0, 0.05) is 17.5 Å². The molecule has 1 aliphatic rings. The van der Waals surface area contributed by atoms with Crippen molar-refractivity contribution >= 4 is 11.3 Å². The van der Waals surface area contributed by atoms with Crippen LogP contribution in [0.25, 0.3) is 11.1 Å². The number of likely N-dealkylation sites (tertiary alicyclic amines) is 1. The van der Waals surface area contributed by atoms with Crippen LogP contribution in [0.15, 0.2) is 54.4 Å². The molecule has 0 amide bonds. The Bertz CT molecular complexity index is 735. The summed E-state index contributed by atoms with van der Waals surface area (Å²) < 4.78 is 1.95. The average molecular weight is 324 g/mol. The van der Waals surface area contributed by atoms with E-state index in [1.807, 2.05) is 22.3 Å². The van der Waals surface area contributed by atoms with Crippen LogP contribution in [0.4, 0.5) is 0 Å². The summed E-state index contributed by atoms with van der Waals surface area (Å²) in [6, 6.07) is 13.5. The van der Waals surface area contributed by atoms with E-state index in [-0.39, 0.29) is 0 Å². The molecule has 0 unspecified atom stereocenters. The van der Waals surface area contributed by atoms with Crippen LogP contribution in [0.1, 0.15) is 17.7 Å². The summed E-state index contributed by atoms with van der Waals surface area (Å²) in [6.07, 6.45) is 5.95. The molecular weight excluding hydrogens is 304 g/mol. The van der Waals surface area contributed by atoms with E-state index < -0.39 is 0 Å². The molecule has 1 fully saturated rings. The highest BCUT2D eigenvalue weighted by atomic mass is 32.1. The van der Waals surface area contributed by atoms with Crippen molar-refractivity contribution in [2.45, 2.75) is 32.0 Å². The largest absolute Gasteiger partial charge is 0.293 e. The minimum absolute atomic E-state index is 0.568. The Kier molecular flexibility index (Phi) is 4.22. The first-order valence-electron chi connectivity index (χ1n) is 8.08. The maximum atomic E-state index is 4.25. The van der Waals surface area contributed by atoms with Crippen LogP contribution in [-0.4, -0.2) is 32.3 Å². The number of thiophene rings is 1. The van der Waals surface area contributed by atoms with E-state index in [2.05, 4.69) is 56.8 Å². The lowest BCUT2D eigenvalue weighted by atomic mass is 10.1. The Hall–Kier alpha value is -1.98. The first-order chi connectivity index (χ1) is 11.4. The monoisotopic (exact) mass is 324 g/mol. The van der Waals surface area contributed by atoms with Crippen molar-refractivity contribution in [1.82, 2.24) is 19.7 Å². The summed E-state index contributed by atoms with van der Waals surface area (Å²) in [6.45, 7) is 3.16. The van der Waals surface area contributed by atoms with Crippen molar-refractivity contribution in [2.75, 3.05) is 6.54 Å². The molecule has 0 saturated carbocycles. The predicted octanol–water partition coefficient (Wildman–Crippen LogP) is 3.67. The van der Waals surface area contributed by atoms with Gasteiger partial charge in [-0.05, 0) is 42.0 Å². The van der Waals surface area contributed by atoms with E-state index in [0.717, 1.165) is 13.1 Å². The third-order valence-corrected chi connectivity index (χ3v) is 5.40. The Morgan fingerprint density at radius 2 is 2.09 bits per heavy atom. The minimum atomic E-state index is 0.568. The van der Waals surface area contributed by atoms with Crippen LogP contribution in [0.3, 0.4) is 0 Å². The Morgan fingerprint density at radius 1 is 1.17 bits per heavy atom. The minimum Gasteiger partial charge on any atom is -0.293 e. The fourth-order valence-electron chi connectivity index (χ4n) is 3.30. The fourth-order valence-corrected chi connectivity index (χ4v) is 4.22. The molecule has 118 valence electrons. The smallest absolute Gasteiger partial charge is 0.137 e. The maximum absolute atomic E-state index is 4.25. The van der Waals surface area contributed by atoms with Gasteiger partial charge in [-0.3, -0.25) is 9.58 Å². The van der Waals surface area contributed by atoms with Crippen molar-refractivity contribution in [2.24, 2.45) is 0 Å². The van der Waals surface area contributed by atoms with E-state index in [4.69, 9.17) is 0 Å². The molecule has 0 N–H and O–H groups in total. The van der Waals surface area contributed by atoms with Gasteiger partial charge < -0.3 is 0 Å². The molecule has 1 aliphatic heterocycles. The van der Waals surface area contributed by atoms with Gasteiger partial charge in [0.2, 0.25) is 0 Å². The molecule has 1 saturated heterocycles. The van der Waals surface area contributed by atoms with Gasteiger partial charge in [0.05, 0.1) is 6.54 Å². The molecule has 3 aromatic rings. The van der Waals surface area contributed by atoms with Crippen molar-refractivity contribution in [3.8, 4) is 11.1 Å². The molecule has 0 spiro atoms. The van der Waals surface area contributed by atoms with E-state index >= 15 is 0 Å². The number of rotatable bonds is 5. The van der Waals surface area contributed by atoms with Crippen molar-refractivity contribution in [3.63, 3.8) is 0 Å². The summed E-state index contributed by atoms with van der Waals surface area (Å²) >= 11 is 1.86. The third kappa shape index (κ3) is 3.35. The zero-order valence-electron chi connectivity index (χ0n) is 13.0. The van der Waals surface area contributed by atoms with Gasteiger partial charge in [0.15, 0.2) is 0 Å². The molecular formula is C18H20N4S. The van der Waals surface area contributed by atoms with Gasteiger partial charge in [-0.2, -0.15) is 5.10 Å². The SMILES string of the molecule is c1ccc(-c2csc(CN3CCC[C@@H]3Cn3cncn3)c2)cc1. The van der Waals surface area contributed by atoms with Crippen LogP contribution in [0, 0.1) is 0 Å². The van der Waals surface area contributed by atoms with Gasteiger partial charge in [0.25, 0.3) is 0 Å². The van der Waals surface area contributed by atoms with E-state index in [1.54, 1.807) is 6.33 Å². The molecule has 3 heterocycles. The van der Waals surface area contributed by atoms with Gasteiger partial charge in [-0.1, -0.05) is 30.3 Å². The average Bonchev–Trinajstić information content (AvgIpc) is 3.33. The summed E-state index contributed by atoms with van der Waals surface area (Å²) in [7, 11) is 0. The summed E-state index contributed by atoms with van der Waals surface area (Å²) in [5.74, 6) is 0. The molecule has 4 nitrogen and oxygen atoms in total. The van der Waals surface area contributed by atoms with Crippen molar-refractivity contribution < 1.29 is 0 Å². The van der Waals surface area contributed by atoms with Crippen LogP contribution >= 0.6 is 11.3 Å². The molecule has 2 aromatic heterocycles. The van der Waals surface area contributed by atoms with E-state index in [0.29, 0.717) is 6.04 Å². The van der Waals surface area contributed by atoms with E-state index in [9.17, 15) is 0 Å². The van der Waals surface area contributed by atoms with Crippen LogP contribution in [-0.2, 0) is 13.1 Å². The predicted molar refractivity (Wildman–Crippen MR) is 93.2 cm³/mol. The molecule has 23 heavy (non-hydrogen) atoms. The second kappa shape index (κ2) is 6.64. The summed E-state index contributed by atoms with van der Waals surface area (Å²) in [5.41, 5.74) is 2.63. The van der Waals surface area contributed by atoms with Crippen LogP contribution in [0.2, 0.25) is 0 Å². The highest BCUT2D eigenvalue weighted by Gasteiger charge is 2.25. The molecule has 1 aromatic carbocycles. The second-order valence-corrected chi connectivity index (χ2v) is 7.05. The van der Waals surface area contributed by atoms with Crippen molar-refractivity contribution in [3.05, 3.63) is 59.3 Å². The number of aromatic nitrogens is 3. The highest BCUT2D eigenvalue weighted by molar-refractivity contribution is 7.10. The first-order valence-corrected chi connectivity index (χ1v) is 8.96. The zero-order valence-corrected chi connectivity index (χ0v) is 13.8. The third-order valence-electron chi connectivity index (χ3n) is 4.48. The lowest BCUT2D eigenvalue weighted by Gasteiger charge is -2.23. The summed E-state index contributed by atoms with van der Waals surface area (Å²) in [5, 5.41) is 6.52. The Morgan fingerprint density at radius 3 is 2.91 bits per heavy atom. The Labute approximate surface area is 140 Å². The van der Waals surface area contributed by atoms with Gasteiger partial charge in [0.1, 0.15) is 12.7 Å². The quantitative estimate of drug-likeness (QED) is 0.718. The van der Waals surface area contributed by atoms with Crippen molar-refractivity contribution in [1.29, 1.82) is 0 Å². The van der Waals surface area contributed by atoms with Gasteiger partial charge >= 0.3 is 0 Å². The fraction of sp³-hybridized carbons (Fsp3) is 0.333. The summed E-state index contributed by atoms with van der Waals surface area (Å²) in [4.78, 5) is 8.07. The molecule has 5 heteroatoms. The topological polar surface area (TPSA) is 34.0 Å². The van der Waals surface area contributed by atoms with Crippen LogP contribution in [0.5, 0.6) is 0 Å². The number of hydrogen-bond acceptors (Lipinski definition) is 4. The number of hydrogen-bond donors (Lipinski definition) is 0. The lowest BCUT2D eigenvalue weighted by molar-refractivity contribution is 0.221. The zero-order chi connectivity index (χ0) is 15.5. The lowest BCUT2D eigenvalue weighted by Crippen LogP contribution is -2.32. The Balaban J connectivity index is 1.44. The molecule has 0 radical (unpaired) electrons. The van der Waals surface area contributed by atoms with Gasteiger partial charge in [-0.25, -0.2) is 4.98 Å². The first kappa shape index (κ1) is 14.6. The highest BCUT2D eigenvalue weighted by Crippen LogP contribution is 2.28. The molecule has 4 rings (SSSR count). The maximum Gasteiger partial charge on any atom is 0.137 e. The molecule has 0 aliphatic carbocycles. The normalized spacial score (nSPS) is 18.5. The molecule has 1 atom stereocenters. The standard InChI is InChI=1S/C18H20N4S/c1-2-5-15(6-3-1)16-9-18(23-12-16)11-21-8-4-7-17(21)10-22-14-19-13-20-22/h1-3,5-6,9,12-14,17H,4,7-8,10-11H2/t17-/m1/s1. The molecule has 0 bridgehead atoms. The number of nitrogens with zero attached hydrogens (tertiary/aromatic N) is 4. The van der Waals surface area contributed by atoms with Gasteiger partial charge in [-0.15, -0.1) is 11.3 Å². The second-order valence-electron chi connectivity index (χ2n) is 6.05.